The summed E-state index contributed by atoms with van der Waals surface area (Å²) >= 11 is 5.86. The van der Waals surface area contributed by atoms with E-state index in [1.807, 2.05) is 24.3 Å². The maximum absolute atomic E-state index is 10.2. The quantitative estimate of drug-likeness (QED) is 0.881. The third-order valence-corrected chi connectivity index (χ3v) is 4.42. The van der Waals surface area contributed by atoms with Crippen LogP contribution >= 0.6 is 11.6 Å². The lowest BCUT2D eigenvalue weighted by Gasteiger charge is -2.35. The van der Waals surface area contributed by atoms with Crippen molar-refractivity contribution in [2.45, 2.75) is 51.2 Å². The molecule has 0 saturated carbocycles. The fourth-order valence-electron chi connectivity index (χ4n) is 2.96. The standard InChI is InChI=1S/C16H24ClNO/c1-2-15-5-3-4-11-18(15)12-10-16(19)13-6-8-14(17)9-7-13/h6-9,15-16,19H,2-5,10-12H2,1H3. The Hall–Kier alpha value is -0.570. The summed E-state index contributed by atoms with van der Waals surface area (Å²) in [5.41, 5.74) is 0.967. The predicted octanol–water partition coefficient (Wildman–Crippen LogP) is 4.03. The molecule has 2 unspecified atom stereocenters. The Morgan fingerprint density at radius 2 is 2.05 bits per heavy atom. The minimum Gasteiger partial charge on any atom is -0.388 e. The Morgan fingerprint density at radius 3 is 2.74 bits per heavy atom. The van der Waals surface area contributed by atoms with Gasteiger partial charge in [0.05, 0.1) is 6.10 Å². The van der Waals surface area contributed by atoms with Crippen LogP contribution in [0.5, 0.6) is 0 Å². The summed E-state index contributed by atoms with van der Waals surface area (Å²) in [7, 11) is 0. The highest BCUT2D eigenvalue weighted by atomic mass is 35.5. The number of nitrogens with zero attached hydrogens (tertiary/aromatic N) is 1. The van der Waals surface area contributed by atoms with Crippen molar-refractivity contribution in [2.75, 3.05) is 13.1 Å². The molecule has 106 valence electrons. The van der Waals surface area contributed by atoms with Crippen LogP contribution in [0.4, 0.5) is 0 Å². The first-order valence-electron chi connectivity index (χ1n) is 7.38. The highest BCUT2D eigenvalue weighted by Gasteiger charge is 2.21. The summed E-state index contributed by atoms with van der Waals surface area (Å²) < 4.78 is 0. The van der Waals surface area contributed by atoms with Gasteiger partial charge in [-0.05, 0) is 49.9 Å². The van der Waals surface area contributed by atoms with Crippen LogP contribution in [0.2, 0.25) is 5.02 Å². The second-order valence-electron chi connectivity index (χ2n) is 5.45. The van der Waals surface area contributed by atoms with Crippen molar-refractivity contribution in [3.63, 3.8) is 0 Å². The number of hydrogen-bond acceptors (Lipinski definition) is 2. The molecule has 1 aromatic carbocycles. The molecular formula is C16H24ClNO. The van der Waals surface area contributed by atoms with Crippen LogP contribution in [0, 0.1) is 0 Å². The summed E-state index contributed by atoms with van der Waals surface area (Å²) in [5, 5.41) is 11.0. The van der Waals surface area contributed by atoms with Crippen molar-refractivity contribution in [1.82, 2.24) is 4.90 Å². The lowest BCUT2D eigenvalue weighted by Crippen LogP contribution is -2.40. The van der Waals surface area contributed by atoms with Gasteiger partial charge in [0.15, 0.2) is 0 Å². The Morgan fingerprint density at radius 1 is 1.32 bits per heavy atom. The Labute approximate surface area is 121 Å². The molecule has 1 aliphatic rings. The average molecular weight is 282 g/mol. The van der Waals surface area contributed by atoms with Gasteiger partial charge in [-0.2, -0.15) is 0 Å². The van der Waals surface area contributed by atoms with Crippen LogP contribution in [0.3, 0.4) is 0 Å². The van der Waals surface area contributed by atoms with Crippen LogP contribution in [0.1, 0.15) is 50.7 Å². The Balaban J connectivity index is 1.85. The third-order valence-electron chi connectivity index (χ3n) is 4.16. The van der Waals surface area contributed by atoms with Gasteiger partial charge in [-0.3, -0.25) is 0 Å². The lowest BCUT2D eigenvalue weighted by atomic mass is 9.99. The second-order valence-corrected chi connectivity index (χ2v) is 5.89. The molecule has 1 N–H and O–H groups in total. The molecule has 1 aromatic rings. The topological polar surface area (TPSA) is 23.5 Å². The molecule has 1 heterocycles. The van der Waals surface area contributed by atoms with Gasteiger partial charge in [0.2, 0.25) is 0 Å². The minimum atomic E-state index is -0.378. The number of halogens is 1. The van der Waals surface area contributed by atoms with Crippen molar-refractivity contribution >= 4 is 11.6 Å². The number of benzene rings is 1. The molecular weight excluding hydrogens is 258 g/mol. The van der Waals surface area contributed by atoms with Crippen molar-refractivity contribution < 1.29 is 5.11 Å². The molecule has 2 nitrogen and oxygen atoms in total. The van der Waals surface area contributed by atoms with E-state index in [1.165, 1.54) is 32.2 Å². The number of aliphatic hydroxyl groups excluding tert-OH is 1. The van der Waals surface area contributed by atoms with E-state index < -0.39 is 0 Å². The zero-order valence-corrected chi connectivity index (χ0v) is 12.4. The fourth-order valence-corrected chi connectivity index (χ4v) is 3.08. The predicted molar refractivity (Wildman–Crippen MR) is 80.5 cm³/mol. The number of hydrogen-bond donors (Lipinski definition) is 1. The summed E-state index contributed by atoms with van der Waals surface area (Å²) in [6, 6.07) is 8.23. The summed E-state index contributed by atoms with van der Waals surface area (Å²) in [6.07, 6.45) is 5.61. The Kier molecular flexibility index (Phi) is 5.68. The molecule has 1 fully saturated rings. The van der Waals surface area contributed by atoms with E-state index in [2.05, 4.69) is 11.8 Å². The molecule has 0 aliphatic carbocycles. The number of rotatable bonds is 5. The first-order chi connectivity index (χ1) is 9.20. The molecule has 0 amide bonds. The van der Waals surface area contributed by atoms with Crippen LogP contribution in [-0.4, -0.2) is 29.1 Å². The minimum absolute atomic E-state index is 0.378. The highest BCUT2D eigenvalue weighted by molar-refractivity contribution is 6.30. The zero-order valence-electron chi connectivity index (χ0n) is 11.7. The lowest BCUT2D eigenvalue weighted by molar-refractivity contribution is 0.101. The smallest absolute Gasteiger partial charge is 0.0802 e. The van der Waals surface area contributed by atoms with E-state index in [-0.39, 0.29) is 6.10 Å². The van der Waals surface area contributed by atoms with E-state index in [4.69, 9.17) is 11.6 Å². The van der Waals surface area contributed by atoms with Crippen LogP contribution < -0.4 is 0 Å². The second kappa shape index (κ2) is 7.28. The SMILES string of the molecule is CCC1CCCCN1CCC(O)c1ccc(Cl)cc1. The van der Waals surface area contributed by atoms with Gasteiger partial charge < -0.3 is 10.0 Å². The number of likely N-dealkylation sites (tertiary alicyclic amines) is 1. The monoisotopic (exact) mass is 281 g/mol. The molecule has 0 spiro atoms. The van der Waals surface area contributed by atoms with Crippen molar-refractivity contribution in [3.8, 4) is 0 Å². The molecule has 2 atom stereocenters. The zero-order chi connectivity index (χ0) is 13.7. The van der Waals surface area contributed by atoms with Crippen molar-refractivity contribution in [2.24, 2.45) is 0 Å². The maximum atomic E-state index is 10.2. The van der Waals surface area contributed by atoms with Crippen LogP contribution in [0.15, 0.2) is 24.3 Å². The van der Waals surface area contributed by atoms with Gasteiger partial charge in [0.25, 0.3) is 0 Å². The van der Waals surface area contributed by atoms with Gasteiger partial charge in [-0.25, -0.2) is 0 Å². The van der Waals surface area contributed by atoms with E-state index in [0.29, 0.717) is 6.04 Å². The van der Waals surface area contributed by atoms with Crippen LogP contribution in [0.25, 0.3) is 0 Å². The molecule has 3 heteroatoms. The largest absolute Gasteiger partial charge is 0.388 e. The van der Waals surface area contributed by atoms with Gasteiger partial charge >= 0.3 is 0 Å². The van der Waals surface area contributed by atoms with E-state index in [9.17, 15) is 5.11 Å². The van der Waals surface area contributed by atoms with E-state index in [1.54, 1.807) is 0 Å². The molecule has 1 saturated heterocycles. The summed E-state index contributed by atoms with van der Waals surface area (Å²) in [6.45, 7) is 4.44. The van der Waals surface area contributed by atoms with Crippen molar-refractivity contribution in [3.05, 3.63) is 34.9 Å². The van der Waals surface area contributed by atoms with E-state index >= 15 is 0 Å². The molecule has 0 bridgehead atoms. The molecule has 2 rings (SSSR count). The van der Waals surface area contributed by atoms with Gasteiger partial charge in [0.1, 0.15) is 0 Å². The van der Waals surface area contributed by atoms with E-state index in [0.717, 1.165) is 23.6 Å². The summed E-state index contributed by atoms with van der Waals surface area (Å²) in [5.74, 6) is 0. The normalized spacial score (nSPS) is 22.4. The molecule has 1 aliphatic heterocycles. The van der Waals surface area contributed by atoms with Crippen LogP contribution in [-0.2, 0) is 0 Å². The maximum Gasteiger partial charge on any atom is 0.0802 e. The third kappa shape index (κ3) is 4.20. The Bertz CT molecular complexity index is 379. The van der Waals surface area contributed by atoms with Crippen molar-refractivity contribution in [1.29, 1.82) is 0 Å². The average Bonchev–Trinajstić information content (AvgIpc) is 2.45. The molecule has 0 radical (unpaired) electrons. The highest BCUT2D eigenvalue weighted by Crippen LogP contribution is 2.23. The fraction of sp³-hybridized carbons (Fsp3) is 0.625. The molecule has 19 heavy (non-hydrogen) atoms. The van der Waals surface area contributed by atoms with Gasteiger partial charge in [-0.1, -0.05) is 37.1 Å². The van der Waals surface area contributed by atoms with Gasteiger partial charge in [-0.15, -0.1) is 0 Å². The summed E-state index contributed by atoms with van der Waals surface area (Å²) in [4.78, 5) is 2.54. The first kappa shape index (κ1) is 14.8. The number of piperidine rings is 1. The molecule has 0 aromatic heterocycles. The first-order valence-corrected chi connectivity index (χ1v) is 7.76. The number of aliphatic hydroxyl groups is 1. The van der Waals surface area contributed by atoms with Gasteiger partial charge in [0, 0.05) is 17.6 Å².